The molecule has 0 heterocycles. The van der Waals surface area contributed by atoms with E-state index >= 15 is 0 Å². The molecule has 0 unspecified atom stereocenters. The lowest BCUT2D eigenvalue weighted by molar-refractivity contribution is 0.258. The molecule has 0 fully saturated rings. The zero-order chi connectivity index (χ0) is 8.81. The number of benzene rings is 1. The van der Waals surface area contributed by atoms with Crippen molar-refractivity contribution >= 4 is 8.60 Å². The van der Waals surface area contributed by atoms with Gasteiger partial charge in [0.15, 0.2) is 0 Å². The van der Waals surface area contributed by atoms with Crippen LogP contribution in [0, 0.1) is 0 Å². The molecule has 1 aromatic rings. The quantitative estimate of drug-likeness (QED) is 0.700. The molecule has 0 aliphatic heterocycles. The fourth-order valence-corrected chi connectivity index (χ4v) is 1.14. The molecule has 2 N–H and O–H groups in total. The average molecular weight is 186 g/mol. The van der Waals surface area contributed by atoms with Gasteiger partial charge in [-0.15, -0.1) is 0 Å². The van der Waals surface area contributed by atoms with Crippen LogP contribution in [0.5, 0.6) is 0 Å². The average Bonchev–Trinajstić information content (AvgIpc) is 2.05. The van der Waals surface area contributed by atoms with Crippen molar-refractivity contribution in [3.8, 4) is 0 Å². The minimum atomic E-state index is -2.20. The summed E-state index contributed by atoms with van der Waals surface area (Å²) in [5, 5.41) is 0. The van der Waals surface area contributed by atoms with E-state index in [4.69, 9.17) is 9.79 Å². The maximum atomic E-state index is 8.43. The Morgan fingerprint density at radius 1 is 1.17 bits per heavy atom. The Balaban J connectivity index is 2.25. The molecule has 66 valence electrons. The first-order valence-electron chi connectivity index (χ1n) is 3.64. The van der Waals surface area contributed by atoms with Gasteiger partial charge in [-0.3, -0.25) is 0 Å². The molecular formula is C8H11O3P. The smallest absolute Gasteiger partial charge is 0.327 e. The molecule has 0 spiro atoms. The molecule has 0 saturated heterocycles. The molecule has 12 heavy (non-hydrogen) atoms. The van der Waals surface area contributed by atoms with Crippen molar-refractivity contribution in [3.05, 3.63) is 35.9 Å². The molecule has 1 aromatic carbocycles. The number of hydrogen-bond acceptors (Lipinski definition) is 3. The van der Waals surface area contributed by atoms with Crippen molar-refractivity contribution in [3.63, 3.8) is 0 Å². The SMILES string of the molecule is OP(O)OCCc1ccccc1. The Labute approximate surface area is 72.6 Å². The summed E-state index contributed by atoms with van der Waals surface area (Å²) in [5.74, 6) is 0. The van der Waals surface area contributed by atoms with Gasteiger partial charge in [-0.2, -0.15) is 0 Å². The van der Waals surface area contributed by atoms with Gasteiger partial charge in [-0.25, -0.2) is 0 Å². The zero-order valence-electron chi connectivity index (χ0n) is 6.55. The predicted molar refractivity (Wildman–Crippen MR) is 47.5 cm³/mol. The maximum absolute atomic E-state index is 8.43. The monoisotopic (exact) mass is 186 g/mol. The van der Waals surface area contributed by atoms with Crippen LogP contribution >= 0.6 is 8.60 Å². The molecule has 0 amide bonds. The first-order valence-corrected chi connectivity index (χ1v) is 4.80. The second kappa shape index (κ2) is 5.22. The molecule has 4 heteroatoms. The highest BCUT2D eigenvalue weighted by Crippen LogP contribution is 2.23. The van der Waals surface area contributed by atoms with Gasteiger partial charge in [0.05, 0.1) is 6.61 Å². The van der Waals surface area contributed by atoms with E-state index in [-0.39, 0.29) is 0 Å². The van der Waals surface area contributed by atoms with E-state index in [1.165, 1.54) is 0 Å². The van der Waals surface area contributed by atoms with Crippen LogP contribution in [-0.2, 0) is 10.9 Å². The van der Waals surface area contributed by atoms with E-state index in [0.29, 0.717) is 13.0 Å². The standard InChI is InChI=1S/C8H11O3P/c9-12(10)11-7-6-8-4-2-1-3-5-8/h1-5,9-10H,6-7H2. The second-order valence-electron chi connectivity index (χ2n) is 2.32. The topological polar surface area (TPSA) is 49.7 Å². The molecular weight excluding hydrogens is 175 g/mol. The van der Waals surface area contributed by atoms with E-state index in [2.05, 4.69) is 4.52 Å². The van der Waals surface area contributed by atoms with E-state index in [1.54, 1.807) is 0 Å². The van der Waals surface area contributed by atoms with Gasteiger partial charge < -0.3 is 14.3 Å². The van der Waals surface area contributed by atoms with Gasteiger partial charge in [-0.05, 0) is 12.0 Å². The van der Waals surface area contributed by atoms with Gasteiger partial charge in [0.1, 0.15) is 0 Å². The highest BCUT2D eigenvalue weighted by molar-refractivity contribution is 7.39. The summed E-state index contributed by atoms with van der Waals surface area (Å²) in [4.78, 5) is 16.9. The Kier molecular flexibility index (Phi) is 4.19. The molecule has 0 atom stereocenters. The largest absolute Gasteiger partial charge is 0.328 e. The van der Waals surface area contributed by atoms with Gasteiger partial charge in [0.25, 0.3) is 0 Å². The highest BCUT2D eigenvalue weighted by atomic mass is 31.2. The van der Waals surface area contributed by atoms with Crippen LogP contribution in [0.1, 0.15) is 5.56 Å². The van der Waals surface area contributed by atoms with Crippen LogP contribution in [-0.4, -0.2) is 16.4 Å². The van der Waals surface area contributed by atoms with E-state index in [9.17, 15) is 0 Å². The summed E-state index contributed by atoms with van der Waals surface area (Å²) < 4.78 is 4.62. The molecule has 0 aliphatic carbocycles. The van der Waals surface area contributed by atoms with Crippen molar-refractivity contribution < 1.29 is 14.3 Å². The first-order chi connectivity index (χ1) is 5.79. The predicted octanol–water partition coefficient (Wildman–Crippen LogP) is 1.46. The van der Waals surface area contributed by atoms with Crippen molar-refractivity contribution in [2.24, 2.45) is 0 Å². The van der Waals surface area contributed by atoms with Gasteiger partial charge in [0, 0.05) is 0 Å². The van der Waals surface area contributed by atoms with Crippen LogP contribution in [0.3, 0.4) is 0 Å². The summed E-state index contributed by atoms with van der Waals surface area (Å²) in [7, 11) is -2.20. The number of hydrogen-bond donors (Lipinski definition) is 2. The molecule has 3 nitrogen and oxygen atoms in total. The van der Waals surface area contributed by atoms with E-state index in [1.807, 2.05) is 30.3 Å². The summed E-state index contributed by atoms with van der Waals surface area (Å²) in [6.07, 6.45) is 0.709. The minimum absolute atomic E-state index is 0.350. The molecule has 0 bridgehead atoms. The van der Waals surface area contributed by atoms with Crippen LogP contribution < -0.4 is 0 Å². The third kappa shape index (κ3) is 3.79. The summed E-state index contributed by atoms with van der Waals surface area (Å²) >= 11 is 0. The van der Waals surface area contributed by atoms with E-state index < -0.39 is 8.60 Å². The van der Waals surface area contributed by atoms with Crippen molar-refractivity contribution in [2.45, 2.75) is 6.42 Å². The summed E-state index contributed by atoms with van der Waals surface area (Å²) in [5.41, 5.74) is 1.13. The Morgan fingerprint density at radius 2 is 1.83 bits per heavy atom. The third-order valence-electron chi connectivity index (χ3n) is 1.44. The maximum Gasteiger partial charge on any atom is 0.327 e. The van der Waals surface area contributed by atoms with E-state index in [0.717, 1.165) is 5.56 Å². The molecule has 0 radical (unpaired) electrons. The fourth-order valence-electron chi connectivity index (χ4n) is 0.890. The summed E-state index contributed by atoms with van der Waals surface area (Å²) in [6.45, 7) is 0.350. The third-order valence-corrected chi connectivity index (χ3v) is 1.85. The molecule has 0 saturated carbocycles. The molecule has 0 aliphatic rings. The minimum Gasteiger partial charge on any atom is -0.328 e. The first kappa shape index (κ1) is 9.62. The summed E-state index contributed by atoms with van der Waals surface area (Å²) in [6, 6.07) is 9.77. The highest BCUT2D eigenvalue weighted by Gasteiger charge is 1.98. The lowest BCUT2D eigenvalue weighted by Gasteiger charge is -2.02. The van der Waals surface area contributed by atoms with Gasteiger partial charge >= 0.3 is 8.60 Å². The van der Waals surface area contributed by atoms with Crippen LogP contribution in [0.2, 0.25) is 0 Å². The van der Waals surface area contributed by atoms with Crippen LogP contribution in [0.15, 0.2) is 30.3 Å². The molecule has 0 aromatic heterocycles. The van der Waals surface area contributed by atoms with Crippen LogP contribution in [0.4, 0.5) is 0 Å². The Bertz CT molecular complexity index is 213. The van der Waals surface area contributed by atoms with Crippen molar-refractivity contribution in [2.75, 3.05) is 6.61 Å². The van der Waals surface area contributed by atoms with Crippen LogP contribution in [0.25, 0.3) is 0 Å². The fraction of sp³-hybridized carbons (Fsp3) is 0.250. The zero-order valence-corrected chi connectivity index (χ0v) is 7.45. The van der Waals surface area contributed by atoms with Gasteiger partial charge in [-0.1, -0.05) is 30.3 Å². The number of rotatable bonds is 4. The van der Waals surface area contributed by atoms with Gasteiger partial charge in [0.2, 0.25) is 0 Å². The van der Waals surface area contributed by atoms with Crippen molar-refractivity contribution in [1.29, 1.82) is 0 Å². The normalized spacial score (nSPS) is 10.6. The second-order valence-corrected chi connectivity index (χ2v) is 3.09. The Hall–Kier alpha value is -0.470. The van der Waals surface area contributed by atoms with Crippen molar-refractivity contribution in [1.82, 2.24) is 0 Å². The molecule has 1 rings (SSSR count). The lowest BCUT2D eigenvalue weighted by atomic mass is 10.2. The Morgan fingerprint density at radius 3 is 2.42 bits per heavy atom. The lowest BCUT2D eigenvalue weighted by Crippen LogP contribution is -1.93.